The Balaban J connectivity index is 2.36. The van der Waals surface area contributed by atoms with Crippen LogP contribution in [0, 0.1) is 0 Å². The number of fused-ring (bicyclic) bond motifs is 2. The van der Waals surface area contributed by atoms with Crippen LogP contribution >= 0.6 is 11.6 Å². The van der Waals surface area contributed by atoms with Crippen LogP contribution in [0.5, 0.6) is 0 Å². The summed E-state index contributed by atoms with van der Waals surface area (Å²) in [4.78, 5) is 13.0. The molecule has 1 amide bonds. The van der Waals surface area contributed by atoms with E-state index in [0.29, 0.717) is 22.5 Å². The Hall–Kier alpha value is -2.13. The van der Waals surface area contributed by atoms with Gasteiger partial charge in [0.25, 0.3) is 0 Å². The molecule has 0 aliphatic carbocycles. The summed E-state index contributed by atoms with van der Waals surface area (Å²) in [6.07, 6.45) is 1.41. The van der Waals surface area contributed by atoms with Crippen LogP contribution in [0.25, 0.3) is 11.9 Å². The second-order valence-electron chi connectivity index (χ2n) is 4.16. The van der Waals surface area contributed by atoms with Crippen molar-refractivity contribution < 1.29 is 9.18 Å². The molecular weight excluding hydrogens is 265 g/mol. The van der Waals surface area contributed by atoms with Gasteiger partial charge in [-0.05, 0) is 35.9 Å². The van der Waals surface area contributed by atoms with Crippen LogP contribution in [0.1, 0.15) is 11.1 Å². The highest BCUT2D eigenvalue weighted by atomic mass is 35.5. The number of para-hydroxylation sites is 2. The molecule has 0 atom stereocenters. The van der Waals surface area contributed by atoms with Gasteiger partial charge in [-0.2, -0.15) is 0 Å². The number of carbonyl (C=O) groups is 1. The maximum Gasteiger partial charge on any atom is 0.325 e. The zero-order chi connectivity index (χ0) is 13.4. The fourth-order valence-corrected chi connectivity index (χ4v) is 2.40. The number of benzene rings is 2. The van der Waals surface area contributed by atoms with Crippen molar-refractivity contribution in [3.63, 3.8) is 0 Å². The monoisotopic (exact) mass is 273 g/mol. The molecule has 94 valence electrons. The van der Waals surface area contributed by atoms with E-state index in [0.717, 1.165) is 0 Å². The van der Waals surface area contributed by atoms with Crippen LogP contribution in [0.4, 0.5) is 20.6 Å². The lowest BCUT2D eigenvalue weighted by Crippen LogP contribution is -2.20. The molecule has 0 saturated carbocycles. The lowest BCUT2D eigenvalue weighted by atomic mass is 10.1. The largest absolute Gasteiger partial charge is 0.325 e. The van der Waals surface area contributed by atoms with E-state index in [1.165, 1.54) is 11.0 Å². The van der Waals surface area contributed by atoms with Gasteiger partial charge in [0.1, 0.15) is 5.83 Å². The van der Waals surface area contributed by atoms with Crippen LogP contribution in [0.3, 0.4) is 0 Å². The van der Waals surface area contributed by atoms with E-state index in [-0.39, 0.29) is 5.83 Å². The lowest BCUT2D eigenvalue weighted by Gasteiger charge is -2.21. The zero-order valence-electron chi connectivity index (χ0n) is 9.81. The Morgan fingerprint density at radius 1 is 1.00 bits per heavy atom. The highest BCUT2D eigenvalue weighted by molar-refractivity contribution is 6.67. The van der Waals surface area contributed by atoms with E-state index < -0.39 is 5.37 Å². The second kappa shape index (κ2) is 4.52. The van der Waals surface area contributed by atoms with Crippen molar-refractivity contribution in [2.75, 3.05) is 4.90 Å². The van der Waals surface area contributed by atoms with Crippen molar-refractivity contribution in [2.24, 2.45) is 0 Å². The third-order valence-corrected chi connectivity index (χ3v) is 3.21. The first-order valence-electron chi connectivity index (χ1n) is 5.73. The van der Waals surface area contributed by atoms with Crippen LogP contribution in [0.15, 0.2) is 48.5 Å². The van der Waals surface area contributed by atoms with Crippen LogP contribution in [-0.2, 0) is 0 Å². The number of halogens is 2. The molecule has 0 unspecified atom stereocenters. The van der Waals surface area contributed by atoms with Crippen molar-refractivity contribution in [3.05, 3.63) is 59.7 Å². The molecular formula is C15H9ClFNO. The Morgan fingerprint density at radius 2 is 1.63 bits per heavy atom. The standard InChI is InChI=1S/C15H9ClFNO/c16-15(19)18-13-7-3-1-5-10(13)9-12(17)11-6-2-4-8-14(11)18/h1-9H. The highest BCUT2D eigenvalue weighted by Gasteiger charge is 2.25. The fourth-order valence-electron chi connectivity index (χ4n) is 2.22. The number of carbonyl (C=O) groups excluding carboxylic acids is 1. The van der Waals surface area contributed by atoms with Gasteiger partial charge in [-0.1, -0.05) is 30.3 Å². The van der Waals surface area contributed by atoms with E-state index >= 15 is 0 Å². The minimum absolute atomic E-state index is 0.354. The number of hydrogen-bond donors (Lipinski definition) is 0. The quantitative estimate of drug-likeness (QED) is 0.490. The topological polar surface area (TPSA) is 20.3 Å². The van der Waals surface area contributed by atoms with Crippen molar-refractivity contribution in [3.8, 4) is 0 Å². The molecule has 0 saturated heterocycles. The molecule has 0 radical (unpaired) electrons. The van der Waals surface area contributed by atoms with Gasteiger partial charge in [0, 0.05) is 11.1 Å². The number of hydrogen-bond acceptors (Lipinski definition) is 1. The number of rotatable bonds is 0. The van der Waals surface area contributed by atoms with E-state index in [9.17, 15) is 9.18 Å². The Kier molecular flexibility index (Phi) is 2.84. The molecule has 0 spiro atoms. The molecule has 1 aliphatic heterocycles. The first kappa shape index (κ1) is 11.9. The predicted molar refractivity (Wildman–Crippen MR) is 75.3 cm³/mol. The summed E-state index contributed by atoms with van der Waals surface area (Å²) in [6.45, 7) is 0. The lowest BCUT2D eigenvalue weighted by molar-refractivity contribution is 0.266. The molecule has 0 bridgehead atoms. The van der Waals surface area contributed by atoms with E-state index in [4.69, 9.17) is 11.6 Å². The second-order valence-corrected chi connectivity index (χ2v) is 4.48. The minimum atomic E-state index is -0.664. The fraction of sp³-hybridized carbons (Fsp3) is 0. The Bertz CT molecular complexity index is 696. The minimum Gasteiger partial charge on any atom is -0.266 e. The molecule has 0 N–H and O–H groups in total. The normalized spacial score (nSPS) is 13.2. The van der Waals surface area contributed by atoms with Gasteiger partial charge >= 0.3 is 5.37 Å². The van der Waals surface area contributed by atoms with Gasteiger partial charge in [0.05, 0.1) is 11.4 Å². The summed E-state index contributed by atoms with van der Waals surface area (Å²) in [7, 11) is 0. The predicted octanol–water partition coefficient (Wildman–Crippen LogP) is 4.96. The van der Waals surface area contributed by atoms with Gasteiger partial charge in [-0.3, -0.25) is 9.69 Å². The molecule has 1 aliphatic rings. The number of nitrogens with zero attached hydrogens (tertiary/aromatic N) is 1. The summed E-state index contributed by atoms with van der Waals surface area (Å²) in [5.41, 5.74) is 1.99. The van der Waals surface area contributed by atoms with E-state index in [2.05, 4.69) is 0 Å². The maximum absolute atomic E-state index is 14.2. The van der Waals surface area contributed by atoms with Crippen molar-refractivity contribution in [1.29, 1.82) is 0 Å². The molecule has 19 heavy (non-hydrogen) atoms. The molecule has 2 nitrogen and oxygen atoms in total. The van der Waals surface area contributed by atoms with Crippen molar-refractivity contribution in [1.82, 2.24) is 0 Å². The number of anilines is 2. The summed E-state index contributed by atoms with van der Waals surface area (Å²) in [5.74, 6) is -0.386. The third kappa shape index (κ3) is 1.92. The smallest absolute Gasteiger partial charge is 0.266 e. The first-order chi connectivity index (χ1) is 9.18. The average Bonchev–Trinajstić information content (AvgIpc) is 2.53. The molecule has 4 heteroatoms. The van der Waals surface area contributed by atoms with Gasteiger partial charge in [-0.25, -0.2) is 4.39 Å². The summed E-state index contributed by atoms with van der Waals surface area (Å²) < 4.78 is 14.2. The maximum atomic E-state index is 14.2. The van der Waals surface area contributed by atoms with Gasteiger partial charge < -0.3 is 0 Å². The molecule has 2 aromatic carbocycles. The highest BCUT2D eigenvalue weighted by Crippen LogP contribution is 2.40. The van der Waals surface area contributed by atoms with Crippen molar-refractivity contribution in [2.45, 2.75) is 0 Å². The summed E-state index contributed by atoms with van der Waals surface area (Å²) >= 11 is 5.67. The summed E-state index contributed by atoms with van der Waals surface area (Å²) in [5, 5.41) is -0.664. The molecule has 3 rings (SSSR count). The zero-order valence-corrected chi connectivity index (χ0v) is 10.6. The first-order valence-corrected chi connectivity index (χ1v) is 6.11. The SMILES string of the molecule is O=C(Cl)N1c2ccccc2C=C(F)c2ccccc21. The molecule has 1 heterocycles. The van der Waals surface area contributed by atoms with Crippen LogP contribution in [0.2, 0.25) is 0 Å². The molecule has 0 fully saturated rings. The number of amides is 1. The van der Waals surface area contributed by atoms with Gasteiger partial charge in [-0.15, -0.1) is 0 Å². The molecule has 0 aromatic heterocycles. The molecule has 2 aromatic rings. The third-order valence-electron chi connectivity index (χ3n) is 3.04. The van der Waals surface area contributed by atoms with Gasteiger partial charge in [0.15, 0.2) is 0 Å². The Morgan fingerprint density at radius 3 is 2.37 bits per heavy atom. The Labute approximate surface area is 114 Å². The van der Waals surface area contributed by atoms with Crippen LogP contribution in [-0.4, -0.2) is 5.37 Å². The van der Waals surface area contributed by atoms with E-state index in [1.807, 2.05) is 0 Å². The van der Waals surface area contributed by atoms with Crippen molar-refractivity contribution >= 4 is 40.2 Å². The summed E-state index contributed by atoms with van der Waals surface area (Å²) in [6, 6.07) is 13.8. The van der Waals surface area contributed by atoms with Gasteiger partial charge in [0.2, 0.25) is 0 Å². The van der Waals surface area contributed by atoms with E-state index in [1.54, 1.807) is 48.5 Å². The van der Waals surface area contributed by atoms with Crippen LogP contribution < -0.4 is 4.90 Å². The average molecular weight is 274 g/mol.